The number of aromatic nitrogens is 2. The summed E-state index contributed by atoms with van der Waals surface area (Å²) in [7, 11) is 1.80. The zero-order chi connectivity index (χ0) is 13.0. The van der Waals surface area contributed by atoms with Crippen LogP contribution in [0.3, 0.4) is 0 Å². The van der Waals surface area contributed by atoms with Crippen LogP contribution in [0.5, 0.6) is 0 Å². The third-order valence-corrected chi connectivity index (χ3v) is 2.71. The van der Waals surface area contributed by atoms with Gasteiger partial charge in [0.25, 0.3) is 5.91 Å². The van der Waals surface area contributed by atoms with Crippen molar-refractivity contribution in [3.05, 3.63) is 48.0 Å². The van der Waals surface area contributed by atoms with E-state index in [0.29, 0.717) is 17.9 Å². The number of nitrogen functional groups attached to an aromatic ring is 1. The maximum atomic E-state index is 11.9. The molecule has 0 fully saturated rings. The molecule has 94 valence electrons. The summed E-state index contributed by atoms with van der Waals surface area (Å²) >= 11 is 0. The summed E-state index contributed by atoms with van der Waals surface area (Å²) in [5.41, 5.74) is 7.94. The zero-order valence-electron chi connectivity index (χ0n) is 10.3. The number of nitrogens with two attached hydrogens (primary N) is 1. The molecule has 0 bridgehead atoms. The fourth-order valence-electron chi connectivity index (χ4n) is 1.78. The van der Waals surface area contributed by atoms with E-state index in [1.165, 1.54) is 0 Å². The lowest BCUT2D eigenvalue weighted by Gasteiger charge is -2.05. The van der Waals surface area contributed by atoms with Crippen molar-refractivity contribution in [2.24, 2.45) is 7.05 Å². The van der Waals surface area contributed by atoms with E-state index in [4.69, 9.17) is 5.73 Å². The largest absolute Gasteiger partial charge is 0.397 e. The summed E-state index contributed by atoms with van der Waals surface area (Å²) in [5.74, 6) is -0.108. The van der Waals surface area contributed by atoms with Gasteiger partial charge >= 0.3 is 0 Å². The van der Waals surface area contributed by atoms with Crippen LogP contribution < -0.4 is 11.1 Å². The van der Waals surface area contributed by atoms with Gasteiger partial charge in [0, 0.05) is 32.2 Å². The molecule has 2 aromatic rings. The lowest BCUT2D eigenvalue weighted by Crippen LogP contribution is -2.27. The number of nitrogens with one attached hydrogen (secondary N) is 1. The van der Waals surface area contributed by atoms with Crippen LogP contribution in [-0.4, -0.2) is 22.0 Å². The normalized spacial score (nSPS) is 10.3. The molecule has 5 nitrogen and oxygen atoms in total. The molecule has 0 radical (unpaired) electrons. The average molecular weight is 244 g/mol. The summed E-state index contributed by atoms with van der Waals surface area (Å²) in [4.78, 5) is 15.8. The lowest BCUT2D eigenvalue weighted by atomic mass is 10.2. The Hall–Kier alpha value is -2.30. The number of anilines is 1. The number of hydrogen-bond acceptors (Lipinski definition) is 3. The third kappa shape index (κ3) is 2.88. The molecule has 2 aromatic heterocycles. The third-order valence-electron chi connectivity index (χ3n) is 2.71. The number of rotatable bonds is 4. The summed E-state index contributed by atoms with van der Waals surface area (Å²) in [6.45, 7) is 0.591. The Labute approximate surface area is 106 Å². The van der Waals surface area contributed by atoms with Crippen molar-refractivity contribution in [1.29, 1.82) is 0 Å². The van der Waals surface area contributed by atoms with Crippen molar-refractivity contribution in [3.63, 3.8) is 0 Å². The summed E-state index contributed by atoms with van der Waals surface area (Å²) in [6.07, 6.45) is 6.00. The van der Waals surface area contributed by atoms with Gasteiger partial charge in [0.15, 0.2) is 0 Å². The quantitative estimate of drug-likeness (QED) is 0.842. The maximum absolute atomic E-state index is 11.9. The first-order valence-electron chi connectivity index (χ1n) is 5.76. The first-order chi connectivity index (χ1) is 8.66. The number of amides is 1. The monoisotopic (exact) mass is 244 g/mol. The van der Waals surface area contributed by atoms with Crippen LogP contribution in [0.25, 0.3) is 0 Å². The number of pyridine rings is 1. The molecular formula is C13H16N4O. The molecular weight excluding hydrogens is 228 g/mol. The van der Waals surface area contributed by atoms with Crippen LogP contribution in [0, 0.1) is 0 Å². The molecule has 18 heavy (non-hydrogen) atoms. The fraction of sp³-hybridized carbons (Fsp3) is 0.231. The second kappa shape index (κ2) is 5.35. The van der Waals surface area contributed by atoms with E-state index < -0.39 is 0 Å². The van der Waals surface area contributed by atoms with Crippen molar-refractivity contribution in [2.45, 2.75) is 6.42 Å². The number of carbonyl (C=O) groups is 1. The van der Waals surface area contributed by atoms with Crippen molar-refractivity contribution in [1.82, 2.24) is 14.9 Å². The van der Waals surface area contributed by atoms with E-state index in [1.54, 1.807) is 36.3 Å². The van der Waals surface area contributed by atoms with E-state index >= 15 is 0 Å². The number of carbonyl (C=O) groups excluding carboxylic acids is 1. The summed E-state index contributed by atoms with van der Waals surface area (Å²) < 4.78 is 1.72. The highest BCUT2D eigenvalue weighted by Gasteiger charge is 2.09. The van der Waals surface area contributed by atoms with Crippen molar-refractivity contribution < 1.29 is 4.79 Å². The molecule has 0 saturated heterocycles. The topological polar surface area (TPSA) is 72.9 Å². The van der Waals surface area contributed by atoms with E-state index in [0.717, 1.165) is 12.0 Å². The average Bonchev–Trinajstić information content (AvgIpc) is 2.70. The van der Waals surface area contributed by atoms with Gasteiger partial charge in [-0.05, 0) is 30.2 Å². The minimum atomic E-state index is -0.108. The second-order valence-electron chi connectivity index (χ2n) is 4.13. The highest BCUT2D eigenvalue weighted by atomic mass is 16.1. The van der Waals surface area contributed by atoms with Crippen LogP contribution in [0.15, 0.2) is 36.8 Å². The van der Waals surface area contributed by atoms with Gasteiger partial charge in [-0.2, -0.15) is 0 Å². The Morgan fingerprint density at radius 2 is 2.17 bits per heavy atom. The molecule has 0 atom stereocenters. The van der Waals surface area contributed by atoms with E-state index in [-0.39, 0.29) is 5.91 Å². The first-order valence-corrected chi connectivity index (χ1v) is 5.76. The van der Waals surface area contributed by atoms with Gasteiger partial charge in [-0.25, -0.2) is 0 Å². The van der Waals surface area contributed by atoms with Gasteiger partial charge < -0.3 is 15.6 Å². The molecule has 3 N–H and O–H groups in total. The van der Waals surface area contributed by atoms with Gasteiger partial charge in [0.05, 0.1) is 5.69 Å². The van der Waals surface area contributed by atoms with Crippen LogP contribution in [0.1, 0.15) is 16.1 Å². The maximum Gasteiger partial charge on any atom is 0.267 e. The Bertz CT molecular complexity index is 533. The van der Waals surface area contributed by atoms with Crippen LogP contribution in [0.4, 0.5) is 5.69 Å². The fourth-order valence-corrected chi connectivity index (χ4v) is 1.78. The van der Waals surface area contributed by atoms with E-state index in [1.807, 2.05) is 12.1 Å². The number of aryl methyl sites for hydroxylation is 1. The zero-order valence-corrected chi connectivity index (χ0v) is 10.3. The van der Waals surface area contributed by atoms with E-state index in [9.17, 15) is 4.79 Å². The minimum Gasteiger partial charge on any atom is -0.397 e. The Balaban J connectivity index is 1.87. The SMILES string of the molecule is Cn1cc(N)cc1C(=O)NCCc1ccncc1. The minimum absolute atomic E-state index is 0.108. The molecule has 5 heteroatoms. The predicted molar refractivity (Wildman–Crippen MR) is 70.1 cm³/mol. The molecule has 0 spiro atoms. The first kappa shape index (κ1) is 12.2. The smallest absolute Gasteiger partial charge is 0.267 e. The number of hydrogen-bond donors (Lipinski definition) is 2. The van der Waals surface area contributed by atoms with Crippen molar-refractivity contribution >= 4 is 11.6 Å². The van der Waals surface area contributed by atoms with Gasteiger partial charge in [0.1, 0.15) is 5.69 Å². The second-order valence-corrected chi connectivity index (χ2v) is 4.13. The molecule has 1 amide bonds. The summed E-state index contributed by atoms with van der Waals surface area (Å²) in [6, 6.07) is 5.54. The molecule has 0 aliphatic rings. The standard InChI is InChI=1S/C13H16N4O/c1-17-9-11(14)8-12(17)13(18)16-7-4-10-2-5-15-6-3-10/h2-3,5-6,8-9H,4,7,14H2,1H3,(H,16,18). The van der Waals surface area contributed by atoms with Gasteiger partial charge in [0.2, 0.25) is 0 Å². The highest BCUT2D eigenvalue weighted by molar-refractivity contribution is 5.93. The molecule has 0 aliphatic carbocycles. The molecule has 0 aromatic carbocycles. The Morgan fingerprint density at radius 3 is 2.78 bits per heavy atom. The van der Waals surface area contributed by atoms with E-state index in [2.05, 4.69) is 10.3 Å². The molecule has 0 aliphatic heterocycles. The van der Waals surface area contributed by atoms with Crippen LogP contribution in [-0.2, 0) is 13.5 Å². The molecule has 2 heterocycles. The molecule has 0 unspecified atom stereocenters. The molecule has 2 rings (SSSR count). The van der Waals surface area contributed by atoms with Crippen LogP contribution >= 0.6 is 0 Å². The van der Waals surface area contributed by atoms with Crippen LogP contribution in [0.2, 0.25) is 0 Å². The Morgan fingerprint density at radius 1 is 1.44 bits per heavy atom. The summed E-state index contributed by atoms with van der Waals surface area (Å²) in [5, 5.41) is 2.87. The van der Waals surface area contributed by atoms with Gasteiger partial charge in [-0.1, -0.05) is 0 Å². The number of nitrogens with zero attached hydrogens (tertiary/aromatic N) is 2. The van der Waals surface area contributed by atoms with Gasteiger partial charge in [-0.3, -0.25) is 9.78 Å². The Kier molecular flexibility index (Phi) is 3.62. The van der Waals surface area contributed by atoms with Gasteiger partial charge in [-0.15, -0.1) is 0 Å². The van der Waals surface area contributed by atoms with Crippen molar-refractivity contribution in [2.75, 3.05) is 12.3 Å². The molecule has 0 saturated carbocycles. The predicted octanol–water partition coefficient (Wildman–Crippen LogP) is 0.975. The lowest BCUT2D eigenvalue weighted by molar-refractivity contribution is 0.0946. The highest BCUT2D eigenvalue weighted by Crippen LogP contribution is 2.08. The van der Waals surface area contributed by atoms with Crippen molar-refractivity contribution in [3.8, 4) is 0 Å².